The molecule has 16 heavy (non-hydrogen) atoms. The van der Waals surface area contributed by atoms with Crippen LogP contribution in [0.25, 0.3) is 0 Å². The number of ether oxygens (including phenoxy) is 1. The molecule has 0 fully saturated rings. The quantitative estimate of drug-likeness (QED) is 0.573. The molecule has 0 unspecified atom stereocenters. The Hall–Kier alpha value is -2.08. The molecule has 0 aliphatic rings. The highest BCUT2D eigenvalue weighted by Crippen LogP contribution is 2.18. The van der Waals surface area contributed by atoms with Gasteiger partial charge in [0, 0.05) is 0 Å². The van der Waals surface area contributed by atoms with Gasteiger partial charge in [0.05, 0.1) is 17.2 Å². The Morgan fingerprint density at radius 1 is 1.50 bits per heavy atom. The van der Waals surface area contributed by atoms with Gasteiger partial charge in [0.15, 0.2) is 6.29 Å². The second-order valence-electron chi connectivity index (χ2n) is 3.57. The monoisotopic (exact) mass is 215 g/mol. The maximum atomic E-state index is 10.7. The number of rotatable bonds is 4. The number of nitriles is 1. The van der Waals surface area contributed by atoms with Crippen LogP contribution in [0.5, 0.6) is 5.75 Å². The molecule has 1 aromatic rings. The Balaban J connectivity index is 2.88. The van der Waals surface area contributed by atoms with E-state index in [1.54, 1.807) is 18.2 Å². The van der Waals surface area contributed by atoms with Crippen LogP contribution in [0.2, 0.25) is 0 Å². The molecule has 3 nitrogen and oxygen atoms in total. The third kappa shape index (κ3) is 3.25. The van der Waals surface area contributed by atoms with Crippen LogP contribution in [0, 0.1) is 11.3 Å². The van der Waals surface area contributed by atoms with Crippen LogP contribution in [-0.2, 0) is 0 Å². The van der Waals surface area contributed by atoms with Gasteiger partial charge in [-0.15, -0.1) is 0 Å². The number of allylic oxidation sites excluding steroid dienone is 1. The zero-order valence-corrected chi connectivity index (χ0v) is 9.36. The van der Waals surface area contributed by atoms with E-state index in [0.717, 1.165) is 11.9 Å². The first kappa shape index (κ1) is 12.0. The van der Waals surface area contributed by atoms with E-state index < -0.39 is 0 Å². The first-order valence-electron chi connectivity index (χ1n) is 4.93. The van der Waals surface area contributed by atoms with Crippen molar-refractivity contribution in [2.45, 2.75) is 13.8 Å². The second-order valence-corrected chi connectivity index (χ2v) is 3.57. The van der Waals surface area contributed by atoms with E-state index in [-0.39, 0.29) is 0 Å². The van der Waals surface area contributed by atoms with E-state index in [0.29, 0.717) is 23.5 Å². The van der Waals surface area contributed by atoms with Crippen molar-refractivity contribution in [2.75, 3.05) is 6.61 Å². The average Bonchev–Trinajstić information content (AvgIpc) is 2.28. The minimum atomic E-state index is 0.401. The Labute approximate surface area is 95.0 Å². The van der Waals surface area contributed by atoms with Crippen molar-refractivity contribution in [1.82, 2.24) is 0 Å². The smallest absolute Gasteiger partial charge is 0.153 e. The van der Waals surface area contributed by atoms with Crippen molar-refractivity contribution >= 4 is 6.29 Å². The lowest BCUT2D eigenvalue weighted by molar-refractivity contribution is 0.112. The fraction of sp³-hybridized carbons (Fsp3) is 0.231. The molecule has 0 atom stereocenters. The molecular formula is C13H13NO2. The van der Waals surface area contributed by atoms with Crippen molar-refractivity contribution in [3.05, 3.63) is 41.0 Å². The molecule has 0 saturated heterocycles. The lowest BCUT2D eigenvalue weighted by atomic mass is 10.1. The Morgan fingerprint density at radius 3 is 2.81 bits per heavy atom. The predicted molar refractivity (Wildman–Crippen MR) is 61.5 cm³/mol. The van der Waals surface area contributed by atoms with Gasteiger partial charge in [0.2, 0.25) is 0 Å². The summed E-state index contributed by atoms with van der Waals surface area (Å²) in [5.41, 5.74) is 2.09. The first-order chi connectivity index (χ1) is 7.67. The Bertz CT molecular complexity index is 451. The van der Waals surface area contributed by atoms with Crippen LogP contribution < -0.4 is 4.74 Å². The molecule has 0 bridgehead atoms. The zero-order chi connectivity index (χ0) is 12.0. The van der Waals surface area contributed by atoms with Crippen LogP contribution in [0.3, 0.4) is 0 Å². The molecular weight excluding hydrogens is 202 g/mol. The molecule has 0 spiro atoms. The van der Waals surface area contributed by atoms with E-state index in [2.05, 4.69) is 0 Å². The molecule has 0 N–H and O–H groups in total. The minimum Gasteiger partial charge on any atom is -0.489 e. The van der Waals surface area contributed by atoms with E-state index in [9.17, 15) is 4.79 Å². The number of hydrogen-bond donors (Lipinski definition) is 0. The summed E-state index contributed by atoms with van der Waals surface area (Å²) in [6.07, 6.45) is 2.63. The second kappa shape index (κ2) is 5.72. The van der Waals surface area contributed by atoms with Crippen LogP contribution in [0.15, 0.2) is 29.8 Å². The number of aldehydes is 1. The molecule has 82 valence electrons. The van der Waals surface area contributed by atoms with Gasteiger partial charge in [0.25, 0.3) is 0 Å². The molecule has 0 aliphatic carbocycles. The van der Waals surface area contributed by atoms with Crippen molar-refractivity contribution in [1.29, 1.82) is 5.26 Å². The van der Waals surface area contributed by atoms with Crippen molar-refractivity contribution in [3.8, 4) is 11.8 Å². The molecule has 0 heterocycles. The fourth-order valence-electron chi connectivity index (χ4n) is 1.12. The van der Waals surface area contributed by atoms with E-state index in [1.165, 1.54) is 0 Å². The number of benzene rings is 1. The first-order valence-corrected chi connectivity index (χ1v) is 4.93. The summed E-state index contributed by atoms with van der Waals surface area (Å²) in [4.78, 5) is 10.7. The molecule has 0 radical (unpaired) electrons. The summed E-state index contributed by atoms with van der Waals surface area (Å²) >= 11 is 0. The van der Waals surface area contributed by atoms with Gasteiger partial charge in [-0.2, -0.15) is 5.26 Å². The predicted octanol–water partition coefficient (Wildman–Crippen LogP) is 2.72. The van der Waals surface area contributed by atoms with Gasteiger partial charge >= 0.3 is 0 Å². The largest absolute Gasteiger partial charge is 0.489 e. The van der Waals surface area contributed by atoms with Gasteiger partial charge in [-0.25, -0.2) is 0 Å². The molecule has 1 aromatic carbocycles. The normalized spacial score (nSPS) is 9.06. The fourth-order valence-corrected chi connectivity index (χ4v) is 1.12. The third-order valence-corrected chi connectivity index (χ3v) is 2.00. The van der Waals surface area contributed by atoms with E-state index >= 15 is 0 Å². The third-order valence-electron chi connectivity index (χ3n) is 2.00. The Kier molecular flexibility index (Phi) is 4.28. The van der Waals surface area contributed by atoms with E-state index in [4.69, 9.17) is 10.00 Å². The lowest BCUT2D eigenvalue weighted by Gasteiger charge is -2.06. The highest BCUT2D eigenvalue weighted by Gasteiger charge is 2.03. The maximum absolute atomic E-state index is 10.7. The topological polar surface area (TPSA) is 50.1 Å². The molecule has 0 amide bonds. The summed E-state index contributed by atoms with van der Waals surface area (Å²) in [6, 6.07) is 6.76. The summed E-state index contributed by atoms with van der Waals surface area (Å²) in [7, 11) is 0. The van der Waals surface area contributed by atoms with Crippen molar-refractivity contribution < 1.29 is 9.53 Å². The molecule has 0 aliphatic heterocycles. The van der Waals surface area contributed by atoms with Crippen LogP contribution in [0.1, 0.15) is 29.8 Å². The zero-order valence-electron chi connectivity index (χ0n) is 9.36. The minimum absolute atomic E-state index is 0.401. The molecule has 1 rings (SSSR count). The molecule has 3 heteroatoms. The number of carbonyl (C=O) groups is 1. The summed E-state index contributed by atoms with van der Waals surface area (Å²) < 4.78 is 5.42. The van der Waals surface area contributed by atoms with Crippen molar-refractivity contribution in [3.63, 3.8) is 0 Å². The average molecular weight is 215 g/mol. The summed E-state index contributed by atoms with van der Waals surface area (Å²) in [5.74, 6) is 0.451. The maximum Gasteiger partial charge on any atom is 0.153 e. The van der Waals surface area contributed by atoms with Crippen molar-refractivity contribution in [2.24, 2.45) is 0 Å². The molecule has 0 saturated carbocycles. The van der Waals surface area contributed by atoms with Gasteiger partial charge < -0.3 is 4.74 Å². The van der Waals surface area contributed by atoms with Gasteiger partial charge in [-0.1, -0.05) is 5.57 Å². The Morgan fingerprint density at radius 2 is 2.25 bits per heavy atom. The molecule has 0 aromatic heterocycles. The standard InChI is InChI=1S/C13H13NO2/c1-10(2)5-6-16-13-7-11(8-14)3-4-12(13)9-15/h3-5,7,9H,6H2,1-2H3. The highest BCUT2D eigenvalue weighted by molar-refractivity contribution is 5.79. The number of hydrogen-bond acceptors (Lipinski definition) is 3. The van der Waals surface area contributed by atoms with Crippen LogP contribution >= 0.6 is 0 Å². The highest BCUT2D eigenvalue weighted by atomic mass is 16.5. The summed E-state index contributed by atoms with van der Waals surface area (Å²) in [5, 5.41) is 8.73. The van der Waals surface area contributed by atoms with Gasteiger partial charge in [-0.3, -0.25) is 4.79 Å². The van der Waals surface area contributed by atoms with Crippen LogP contribution in [0.4, 0.5) is 0 Å². The van der Waals surface area contributed by atoms with E-state index in [1.807, 2.05) is 26.0 Å². The van der Waals surface area contributed by atoms with Gasteiger partial charge in [0.1, 0.15) is 12.4 Å². The summed E-state index contributed by atoms with van der Waals surface area (Å²) in [6.45, 7) is 4.34. The van der Waals surface area contributed by atoms with Crippen LogP contribution in [-0.4, -0.2) is 12.9 Å². The SMILES string of the molecule is CC(C)=CCOc1cc(C#N)ccc1C=O. The van der Waals surface area contributed by atoms with Gasteiger partial charge in [-0.05, 0) is 38.1 Å². The lowest BCUT2D eigenvalue weighted by Crippen LogP contribution is -1.98. The number of carbonyl (C=O) groups excluding carboxylic acids is 1. The number of nitrogens with zero attached hydrogens (tertiary/aromatic N) is 1.